The quantitative estimate of drug-likeness (QED) is 0.766. The lowest BCUT2D eigenvalue weighted by Crippen LogP contribution is -2.34. The van der Waals surface area contributed by atoms with E-state index in [4.69, 9.17) is 0 Å². The number of hydrogen-bond acceptors (Lipinski definition) is 5. The van der Waals surface area contributed by atoms with E-state index in [2.05, 4.69) is 15.7 Å². The average Bonchev–Trinajstić information content (AvgIpc) is 3.19. The number of carbonyl (C=O) groups excluding carboxylic acids is 1. The molecule has 1 amide bonds. The Labute approximate surface area is 136 Å². The summed E-state index contributed by atoms with van der Waals surface area (Å²) in [7, 11) is 0. The van der Waals surface area contributed by atoms with E-state index < -0.39 is 5.69 Å². The molecule has 1 aromatic carbocycles. The molecule has 0 spiro atoms. The van der Waals surface area contributed by atoms with Gasteiger partial charge in [-0.05, 0) is 40.4 Å². The summed E-state index contributed by atoms with van der Waals surface area (Å²) in [6.45, 7) is 1.72. The van der Waals surface area contributed by atoms with E-state index in [0.29, 0.717) is 5.00 Å². The first-order valence-corrected chi connectivity index (χ1v) is 7.94. The number of amides is 1. The molecule has 23 heavy (non-hydrogen) atoms. The number of aromatic nitrogens is 4. The summed E-state index contributed by atoms with van der Waals surface area (Å²) >= 11 is 1.38. The Balaban J connectivity index is 1.68. The lowest BCUT2D eigenvalue weighted by molar-refractivity contribution is -0.122. The second-order valence-corrected chi connectivity index (χ2v) is 5.91. The van der Waals surface area contributed by atoms with Crippen molar-refractivity contribution in [2.75, 3.05) is 0 Å². The van der Waals surface area contributed by atoms with Gasteiger partial charge in [-0.1, -0.05) is 30.3 Å². The van der Waals surface area contributed by atoms with Crippen molar-refractivity contribution in [1.82, 2.24) is 25.1 Å². The molecule has 0 aliphatic carbocycles. The number of thiophene rings is 1. The highest BCUT2D eigenvalue weighted by atomic mass is 32.1. The SMILES string of the molecule is CC(NC(=O)Cn1nnn(-c2cccs2)c1=O)c1ccccc1. The van der Waals surface area contributed by atoms with Crippen LogP contribution in [0.1, 0.15) is 18.5 Å². The Morgan fingerprint density at radius 2 is 2.00 bits per heavy atom. The number of tetrazole rings is 1. The number of hydrogen-bond donors (Lipinski definition) is 1. The maximum Gasteiger partial charge on any atom is 0.369 e. The third kappa shape index (κ3) is 3.37. The lowest BCUT2D eigenvalue weighted by atomic mass is 10.1. The monoisotopic (exact) mass is 329 g/mol. The molecule has 0 saturated carbocycles. The minimum absolute atomic E-state index is 0.147. The Bertz CT molecular complexity index is 838. The maximum atomic E-state index is 12.2. The van der Waals surface area contributed by atoms with Gasteiger partial charge < -0.3 is 5.32 Å². The van der Waals surface area contributed by atoms with Gasteiger partial charge in [-0.25, -0.2) is 4.79 Å². The topological polar surface area (TPSA) is 81.8 Å². The Morgan fingerprint density at radius 1 is 1.22 bits per heavy atom. The molecule has 0 radical (unpaired) electrons. The van der Waals surface area contributed by atoms with E-state index in [1.165, 1.54) is 16.0 Å². The lowest BCUT2D eigenvalue weighted by Gasteiger charge is -2.13. The second kappa shape index (κ2) is 6.57. The maximum absolute atomic E-state index is 12.2. The molecule has 3 rings (SSSR count). The molecule has 118 valence electrons. The summed E-state index contributed by atoms with van der Waals surface area (Å²) in [6.07, 6.45) is 0. The fourth-order valence-electron chi connectivity index (χ4n) is 2.15. The number of carbonyl (C=O) groups is 1. The average molecular weight is 329 g/mol. The zero-order valence-corrected chi connectivity index (χ0v) is 13.2. The van der Waals surface area contributed by atoms with Gasteiger partial charge in [-0.15, -0.1) is 11.3 Å². The predicted octanol–water partition coefficient (Wildman–Crippen LogP) is 1.37. The Hall–Kier alpha value is -2.74. The summed E-state index contributed by atoms with van der Waals surface area (Å²) < 4.78 is 2.23. The van der Waals surface area contributed by atoms with Gasteiger partial charge in [0.25, 0.3) is 0 Å². The van der Waals surface area contributed by atoms with Crippen LogP contribution in [0, 0.1) is 0 Å². The molecule has 1 unspecified atom stereocenters. The van der Waals surface area contributed by atoms with Crippen LogP contribution in [0.15, 0.2) is 52.6 Å². The molecule has 0 saturated heterocycles. The first-order chi connectivity index (χ1) is 11.1. The minimum atomic E-state index is -0.435. The highest BCUT2D eigenvalue weighted by molar-refractivity contribution is 7.12. The van der Waals surface area contributed by atoms with Crippen molar-refractivity contribution in [3.8, 4) is 5.00 Å². The van der Waals surface area contributed by atoms with Crippen LogP contribution in [0.4, 0.5) is 0 Å². The fourth-order valence-corrected chi connectivity index (χ4v) is 2.82. The zero-order valence-electron chi connectivity index (χ0n) is 12.4. The molecule has 7 nitrogen and oxygen atoms in total. The molecule has 3 aromatic rings. The van der Waals surface area contributed by atoms with E-state index >= 15 is 0 Å². The standard InChI is InChI=1S/C15H15N5O2S/c1-11(12-6-3-2-4-7-12)16-13(21)10-19-15(22)20(18-17-19)14-8-5-9-23-14/h2-9,11H,10H2,1H3,(H,16,21). The predicted molar refractivity (Wildman–Crippen MR) is 86.5 cm³/mol. The highest BCUT2D eigenvalue weighted by Crippen LogP contribution is 2.11. The first-order valence-electron chi connectivity index (χ1n) is 7.06. The number of rotatable bonds is 5. The molecule has 2 aromatic heterocycles. The van der Waals surface area contributed by atoms with Gasteiger partial charge in [0.15, 0.2) is 0 Å². The molecule has 1 atom stereocenters. The molecule has 1 N–H and O–H groups in total. The van der Waals surface area contributed by atoms with E-state index in [9.17, 15) is 9.59 Å². The normalized spacial score (nSPS) is 12.0. The number of benzene rings is 1. The summed E-state index contributed by atoms with van der Waals surface area (Å²) in [5, 5.41) is 12.9. The van der Waals surface area contributed by atoms with Gasteiger partial charge in [0.05, 0.1) is 6.04 Å². The van der Waals surface area contributed by atoms with Crippen LogP contribution in [0.2, 0.25) is 0 Å². The van der Waals surface area contributed by atoms with Gasteiger partial charge in [0.2, 0.25) is 5.91 Å². The minimum Gasteiger partial charge on any atom is -0.348 e. The van der Waals surface area contributed by atoms with Crippen molar-refractivity contribution >= 4 is 17.2 Å². The van der Waals surface area contributed by atoms with Crippen LogP contribution < -0.4 is 11.0 Å². The molecular formula is C15H15N5O2S. The summed E-state index contributed by atoms with van der Waals surface area (Å²) in [5.41, 5.74) is 0.561. The molecule has 0 fully saturated rings. The van der Waals surface area contributed by atoms with E-state index in [1.54, 1.807) is 6.07 Å². The van der Waals surface area contributed by atoms with Crippen molar-refractivity contribution in [2.45, 2.75) is 19.5 Å². The fraction of sp³-hybridized carbons (Fsp3) is 0.200. The zero-order chi connectivity index (χ0) is 16.2. The third-order valence-electron chi connectivity index (χ3n) is 3.32. The first kappa shape index (κ1) is 15.2. The third-order valence-corrected chi connectivity index (χ3v) is 4.17. The van der Waals surface area contributed by atoms with Gasteiger partial charge in [0, 0.05) is 0 Å². The van der Waals surface area contributed by atoms with Crippen molar-refractivity contribution in [3.63, 3.8) is 0 Å². The summed E-state index contributed by atoms with van der Waals surface area (Å²) in [4.78, 5) is 24.3. The molecule has 8 heteroatoms. The smallest absolute Gasteiger partial charge is 0.348 e. The van der Waals surface area contributed by atoms with Crippen LogP contribution >= 0.6 is 11.3 Å². The highest BCUT2D eigenvalue weighted by Gasteiger charge is 2.14. The molecular weight excluding hydrogens is 314 g/mol. The summed E-state index contributed by atoms with van der Waals surface area (Å²) in [6, 6.07) is 13.0. The van der Waals surface area contributed by atoms with Crippen LogP contribution in [0.5, 0.6) is 0 Å². The molecule has 0 bridgehead atoms. The van der Waals surface area contributed by atoms with Gasteiger partial charge in [-0.3, -0.25) is 4.79 Å². The van der Waals surface area contributed by atoms with E-state index in [1.807, 2.05) is 48.7 Å². The molecule has 0 aliphatic rings. The van der Waals surface area contributed by atoms with E-state index in [-0.39, 0.29) is 18.5 Å². The van der Waals surface area contributed by atoms with Gasteiger partial charge >= 0.3 is 5.69 Å². The number of nitrogens with zero attached hydrogens (tertiary/aromatic N) is 4. The van der Waals surface area contributed by atoms with Crippen molar-refractivity contribution in [2.24, 2.45) is 0 Å². The van der Waals surface area contributed by atoms with Crippen molar-refractivity contribution in [3.05, 3.63) is 63.9 Å². The number of nitrogens with one attached hydrogen (secondary N) is 1. The van der Waals surface area contributed by atoms with Gasteiger partial charge in [0.1, 0.15) is 11.5 Å². The van der Waals surface area contributed by atoms with Crippen molar-refractivity contribution < 1.29 is 4.79 Å². The van der Waals surface area contributed by atoms with Crippen LogP contribution in [0.25, 0.3) is 5.00 Å². The van der Waals surface area contributed by atoms with E-state index in [0.717, 1.165) is 10.2 Å². The largest absolute Gasteiger partial charge is 0.369 e. The Morgan fingerprint density at radius 3 is 2.70 bits per heavy atom. The molecule has 0 aliphatic heterocycles. The molecule has 2 heterocycles. The van der Waals surface area contributed by atoms with Crippen LogP contribution in [-0.4, -0.2) is 25.7 Å². The summed E-state index contributed by atoms with van der Waals surface area (Å²) in [5.74, 6) is -0.290. The van der Waals surface area contributed by atoms with Crippen LogP contribution in [-0.2, 0) is 11.3 Å². The second-order valence-electron chi connectivity index (χ2n) is 4.98. The van der Waals surface area contributed by atoms with Gasteiger partial charge in [-0.2, -0.15) is 9.36 Å². The van der Waals surface area contributed by atoms with Crippen LogP contribution in [0.3, 0.4) is 0 Å². The Kier molecular flexibility index (Phi) is 4.33. The van der Waals surface area contributed by atoms with Crippen molar-refractivity contribution in [1.29, 1.82) is 0 Å².